The van der Waals surface area contributed by atoms with E-state index in [-0.39, 0.29) is 22.3 Å². The van der Waals surface area contributed by atoms with Crippen molar-refractivity contribution in [1.29, 1.82) is 0 Å². The van der Waals surface area contributed by atoms with E-state index < -0.39 is 0 Å². The van der Waals surface area contributed by atoms with Gasteiger partial charge >= 0.3 is 0 Å². The Bertz CT molecular complexity index is 814. The number of fused-ring (bicyclic) bond motifs is 7. The minimum Gasteiger partial charge on any atom is -0.396 e. The van der Waals surface area contributed by atoms with Crippen molar-refractivity contribution in [3.05, 3.63) is 11.6 Å². The smallest absolute Gasteiger partial charge is 0.0594 e. The van der Waals surface area contributed by atoms with E-state index in [9.17, 15) is 10.2 Å². The molecule has 5 aliphatic rings. The van der Waals surface area contributed by atoms with Crippen LogP contribution in [0.5, 0.6) is 0 Å². The zero-order valence-electron chi connectivity index (χ0n) is 22.1. The zero-order valence-corrected chi connectivity index (χ0v) is 22.1. The van der Waals surface area contributed by atoms with Gasteiger partial charge < -0.3 is 10.2 Å². The van der Waals surface area contributed by atoms with Crippen molar-refractivity contribution in [1.82, 2.24) is 0 Å². The van der Waals surface area contributed by atoms with Gasteiger partial charge in [-0.05, 0) is 114 Å². The highest BCUT2D eigenvalue weighted by molar-refractivity contribution is 5.33. The van der Waals surface area contributed by atoms with Crippen LogP contribution < -0.4 is 0 Å². The molecular weight excluding hydrogens is 392 g/mol. The van der Waals surface area contributed by atoms with Gasteiger partial charge in [-0.25, -0.2) is 0 Å². The molecule has 0 bridgehead atoms. The van der Waals surface area contributed by atoms with Crippen molar-refractivity contribution >= 4 is 0 Å². The molecule has 4 fully saturated rings. The Morgan fingerprint density at radius 2 is 1.53 bits per heavy atom. The fourth-order valence-corrected chi connectivity index (χ4v) is 10.6. The molecule has 0 aromatic heterocycles. The third-order valence-electron chi connectivity index (χ3n) is 13.3. The van der Waals surface area contributed by atoms with Gasteiger partial charge in [0.15, 0.2) is 0 Å². The summed E-state index contributed by atoms with van der Waals surface area (Å²) >= 11 is 0. The maximum absolute atomic E-state index is 10.9. The van der Waals surface area contributed by atoms with E-state index in [1.807, 2.05) is 0 Å². The molecule has 9 atom stereocenters. The van der Waals surface area contributed by atoms with Crippen LogP contribution in [0.1, 0.15) is 113 Å². The molecule has 5 rings (SSSR count). The second kappa shape index (κ2) is 6.87. The Hall–Kier alpha value is -0.340. The molecule has 4 saturated carbocycles. The van der Waals surface area contributed by atoms with Gasteiger partial charge in [0, 0.05) is 6.61 Å². The van der Waals surface area contributed by atoms with Gasteiger partial charge in [0.25, 0.3) is 0 Å². The van der Waals surface area contributed by atoms with Crippen LogP contribution in [0.4, 0.5) is 0 Å². The number of rotatable bonds is 1. The second-order valence-electron chi connectivity index (χ2n) is 15.0. The molecule has 32 heavy (non-hydrogen) atoms. The minimum absolute atomic E-state index is 0.0245. The first-order valence-corrected chi connectivity index (χ1v) is 13.8. The Labute approximate surface area is 197 Å². The van der Waals surface area contributed by atoms with Gasteiger partial charge in [0.2, 0.25) is 0 Å². The van der Waals surface area contributed by atoms with E-state index in [0.29, 0.717) is 40.6 Å². The Kier molecular flexibility index (Phi) is 5.02. The average molecular weight is 443 g/mol. The van der Waals surface area contributed by atoms with Gasteiger partial charge in [-0.2, -0.15) is 0 Å². The van der Waals surface area contributed by atoms with E-state index in [4.69, 9.17) is 0 Å². The first-order valence-electron chi connectivity index (χ1n) is 13.8. The lowest BCUT2D eigenvalue weighted by molar-refractivity contribution is -0.203. The van der Waals surface area contributed by atoms with Crippen LogP contribution >= 0.6 is 0 Å². The molecule has 0 aromatic carbocycles. The van der Waals surface area contributed by atoms with Crippen molar-refractivity contribution in [3.63, 3.8) is 0 Å². The van der Waals surface area contributed by atoms with Crippen molar-refractivity contribution in [3.8, 4) is 0 Å². The van der Waals surface area contributed by atoms with E-state index in [1.165, 1.54) is 57.8 Å². The van der Waals surface area contributed by atoms with Gasteiger partial charge in [0.1, 0.15) is 0 Å². The lowest BCUT2D eigenvalue weighted by Gasteiger charge is -2.71. The van der Waals surface area contributed by atoms with Crippen LogP contribution in [-0.2, 0) is 0 Å². The van der Waals surface area contributed by atoms with Crippen LogP contribution in [0.3, 0.4) is 0 Å². The third kappa shape index (κ3) is 2.78. The van der Waals surface area contributed by atoms with Crippen molar-refractivity contribution in [2.45, 2.75) is 119 Å². The summed E-state index contributed by atoms with van der Waals surface area (Å²) in [5, 5.41) is 21.1. The van der Waals surface area contributed by atoms with Crippen molar-refractivity contribution < 1.29 is 10.2 Å². The third-order valence-corrected chi connectivity index (χ3v) is 13.3. The Balaban J connectivity index is 1.56. The summed E-state index contributed by atoms with van der Waals surface area (Å²) in [5.74, 6) is 1.98. The van der Waals surface area contributed by atoms with Gasteiger partial charge in [0.05, 0.1) is 6.10 Å². The van der Waals surface area contributed by atoms with Gasteiger partial charge in [-0.3, -0.25) is 0 Å². The lowest BCUT2D eigenvalue weighted by atomic mass is 9.33. The number of aliphatic hydroxyl groups excluding tert-OH is 2. The number of allylic oxidation sites excluding steroid dienone is 2. The highest BCUT2D eigenvalue weighted by Crippen LogP contribution is 2.75. The van der Waals surface area contributed by atoms with E-state index in [0.717, 1.165) is 6.42 Å². The molecule has 0 heterocycles. The molecule has 0 radical (unpaired) electrons. The molecule has 2 heteroatoms. The number of aliphatic hydroxyl groups is 2. The molecule has 0 aliphatic heterocycles. The van der Waals surface area contributed by atoms with E-state index >= 15 is 0 Å². The fourth-order valence-electron chi connectivity index (χ4n) is 10.6. The summed E-state index contributed by atoms with van der Waals surface area (Å²) in [7, 11) is 0. The SMILES string of the molecule is CC1(C)C2CC[C@]3(C)C(CC=C4[C@@H]5C[C@@](C)(CO)CC[C@]5(C)CC[C@]43C)[C@@]2(C)CC[C@@H]1O. The second-order valence-corrected chi connectivity index (χ2v) is 15.0. The van der Waals surface area contributed by atoms with Crippen LogP contribution in [0, 0.1) is 50.2 Å². The van der Waals surface area contributed by atoms with Crippen LogP contribution in [0.15, 0.2) is 11.6 Å². The number of hydrogen-bond donors (Lipinski definition) is 2. The molecule has 2 N–H and O–H groups in total. The maximum Gasteiger partial charge on any atom is 0.0594 e. The molecule has 0 spiro atoms. The highest BCUT2D eigenvalue weighted by atomic mass is 16.3. The van der Waals surface area contributed by atoms with Crippen LogP contribution in [0.2, 0.25) is 0 Å². The first-order chi connectivity index (χ1) is 14.8. The Morgan fingerprint density at radius 3 is 2.22 bits per heavy atom. The fraction of sp³-hybridized carbons (Fsp3) is 0.933. The maximum atomic E-state index is 10.9. The highest BCUT2D eigenvalue weighted by Gasteiger charge is 2.67. The van der Waals surface area contributed by atoms with Crippen LogP contribution in [0.25, 0.3) is 0 Å². The summed E-state index contributed by atoms with van der Waals surface area (Å²) in [6.45, 7) is 17.8. The van der Waals surface area contributed by atoms with Crippen LogP contribution in [-0.4, -0.2) is 22.9 Å². The molecule has 182 valence electrons. The first kappa shape index (κ1) is 23.4. The predicted molar refractivity (Wildman–Crippen MR) is 132 cm³/mol. The quantitative estimate of drug-likeness (QED) is 0.424. The molecular formula is C30H50O2. The molecule has 0 amide bonds. The molecule has 5 aliphatic carbocycles. The molecule has 0 aromatic rings. The molecule has 0 saturated heterocycles. The topological polar surface area (TPSA) is 40.5 Å². The largest absolute Gasteiger partial charge is 0.396 e. The predicted octanol–water partition coefficient (Wildman–Crippen LogP) is 7.14. The standard InChI is InChI=1S/C30H50O2/c1-25(2)22-10-13-30(7)23(28(22,5)12-11-24(25)32)9-8-20-21-18-26(3,19-31)14-15-27(21,4)16-17-29(20,30)6/h8,21-24,31-32H,9-19H2,1-7H3/t21-,22?,23?,24-,26-,27+,28-,29+,30+/m0/s1. The number of hydrogen-bond acceptors (Lipinski definition) is 2. The van der Waals surface area contributed by atoms with Gasteiger partial charge in [-0.1, -0.05) is 60.1 Å². The summed E-state index contributed by atoms with van der Waals surface area (Å²) in [6.07, 6.45) is 14.8. The lowest BCUT2D eigenvalue weighted by Crippen LogP contribution is -2.64. The van der Waals surface area contributed by atoms with Crippen molar-refractivity contribution in [2.75, 3.05) is 6.61 Å². The zero-order chi connectivity index (χ0) is 23.4. The summed E-state index contributed by atoms with van der Waals surface area (Å²) in [4.78, 5) is 0. The average Bonchev–Trinajstić information content (AvgIpc) is 2.73. The van der Waals surface area contributed by atoms with E-state index in [2.05, 4.69) is 54.5 Å². The minimum atomic E-state index is -0.149. The molecule has 2 unspecified atom stereocenters. The normalized spacial score (nSPS) is 56.8. The monoisotopic (exact) mass is 442 g/mol. The summed E-state index contributed by atoms with van der Waals surface area (Å²) in [5.41, 5.74) is 3.26. The molecule has 2 nitrogen and oxygen atoms in total. The van der Waals surface area contributed by atoms with Crippen molar-refractivity contribution in [2.24, 2.45) is 50.2 Å². The van der Waals surface area contributed by atoms with E-state index in [1.54, 1.807) is 5.57 Å². The summed E-state index contributed by atoms with van der Waals surface area (Å²) < 4.78 is 0. The summed E-state index contributed by atoms with van der Waals surface area (Å²) in [6, 6.07) is 0. The Morgan fingerprint density at radius 1 is 0.844 bits per heavy atom. The van der Waals surface area contributed by atoms with Gasteiger partial charge in [-0.15, -0.1) is 0 Å².